The number of nitrogens with one attached hydrogen (secondary N) is 2. The Kier molecular flexibility index (Phi) is 5.82. The molecule has 0 bridgehead atoms. The number of hydrogen-bond donors (Lipinski definition) is 2. The summed E-state index contributed by atoms with van der Waals surface area (Å²) in [5.74, 6) is -1.20. The van der Waals surface area contributed by atoms with Crippen LogP contribution in [-0.2, 0) is 13.0 Å². The molecule has 0 radical (unpaired) electrons. The number of hydrogen-bond acceptors (Lipinski definition) is 5. The minimum atomic E-state index is -0.463. The molecule has 5 rings (SSSR count). The number of halogens is 1. The van der Waals surface area contributed by atoms with Crippen LogP contribution < -0.4 is 10.6 Å². The maximum absolute atomic E-state index is 13.3. The Hall–Kier alpha value is -4.40. The third-order valence-electron chi connectivity index (χ3n) is 6.12. The Bertz CT molecular complexity index is 1460. The van der Waals surface area contributed by atoms with E-state index in [9.17, 15) is 18.8 Å². The van der Waals surface area contributed by atoms with Gasteiger partial charge in [-0.15, -0.1) is 0 Å². The van der Waals surface area contributed by atoms with E-state index in [-0.39, 0.29) is 41.5 Å². The molecular formula is C26H22FN5O3. The third kappa shape index (κ3) is 4.52. The van der Waals surface area contributed by atoms with Crippen LogP contribution in [0.2, 0.25) is 0 Å². The van der Waals surface area contributed by atoms with Gasteiger partial charge in [0, 0.05) is 24.2 Å². The van der Waals surface area contributed by atoms with E-state index in [0.29, 0.717) is 17.6 Å². The van der Waals surface area contributed by atoms with Gasteiger partial charge in [0.1, 0.15) is 17.2 Å². The van der Waals surface area contributed by atoms with E-state index >= 15 is 0 Å². The highest BCUT2D eigenvalue weighted by atomic mass is 19.1. The van der Waals surface area contributed by atoms with Gasteiger partial charge in [0.25, 0.3) is 11.8 Å². The van der Waals surface area contributed by atoms with Crippen molar-refractivity contribution in [3.63, 3.8) is 0 Å². The quantitative estimate of drug-likeness (QED) is 0.419. The molecule has 35 heavy (non-hydrogen) atoms. The number of fused-ring (bicyclic) bond motifs is 2. The highest BCUT2D eigenvalue weighted by Crippen LogP contribution is 2.32. The highest BCUT2D eigenvalue weighted by molar-refractivity contribution is 5.98. The molecule has 0 unspecified atom stereocenters. The lowest BCUT2D eigenvalue weighted by molar-refractivity contribution is 0.0927. The van der Waals surface area contributed by atoms with E-state index in [1.165, 1.54) is 35.8 Å². The lowest BCUT2D eigenvalue weighted by atomic mass is 10.0. The van der Waals surface area contributed by atoms with Gasteiger partial charge in [-0.1, -0.05) is 24.3 Å². The smallest absolute Gasteiger partial charge is 0.270 e. The van der Waals surface area contributed by atoms with E-state index in [4.69, 9.17) is 0 Å². The molecule has 176 valence electrons. The maximum Gasteiger partial charge on any atom is 0.270 e. The Morgan fingerprint density at radius 2 is 1.86 bits per heavy atom. The lowest BCUT2D eigenvalue weighted by Crippen LogP contribution is -2.30. The van der Waals surface area contributed by atoms with Crippen LogP contribution in [-0.4, -0.2) is 32.2 Å². The first-order valence-electron chi connectivity index (χ1n) is 11.2. The van der Waals surface area contributed by atoms with Gasteiger partial charge in [-0.3, -0.25) is 14.4 Å². The van der Waals surface area contributed by atoms with Crippen molar-refractivity contribution in [3.8, 4) is 0 Å². The van der Waals surface area contributed by atoms with Crippen molar-refractivity contribution in [1.82, 2.24) is 25.2 Å². The Morgan fingerprint density at radius 1 is 1.06 bits per heavy atom. The summed E-state index contributed by atoms with van der Waals surface area (Å²) in [6.45, 7) is 1.72. The van der Waals surface area contributed by atoms with Crippen LogP contribution in [0.15, 0.2) is 60.8 Å². The number of aryl methyl sites for hydroxylation is 1. The molecule has 0 saturated heterocycles. The molecule has 1 atom stereocenters. The van der Waals surface area contributed by atoms with Crippen LogP contribution in [0, 0.1) is 5.82 Å². The first-order chi connectivity index (χ1) is 16.9. The molecule has 2 heterocycles. The fraction of sp³-hybridized carbons (Fsp3) is 0.192. The molecule has 2 N–H and O–H groups in total. The summed E-state index contributed by atoms with van der Waals surface area (Å²) in [4.78, 5) is 42.0. The van der Waals surface area contributed by atoms with E-state index in [1.54, 1.807) is 24.3 Å². The van der Waals surface area contributed by atoms with Gasteiger partial charge in [-0.2, -0.15) is 5.10 Å². The molecule has 0 spiro atoms. The third-order valence-corrected chi connectivity index (χ3v) is 6.12. The zero-order chi connectivity index (χ0) is 24.5. The fourth-order valence-electron chi connectivity index (χ4n) is 4.28. The van der Waals surface area contributed by atoms with Gasteiger partial charge in [0.15, 0.2) is 11.4 Å². The normalized spacial score (nSPS) is 14.5. The van der Waals surface area contributed by atoms with Gasteiger partial charge in [0.05, 0.1) is 12.2 Å². The summed E-state index contributed by atoms with van der Waals surface area (Å²) in [6, 6.07) is 14.2. The van der Waals surface area contributed by atoms with Gasteiger partial charge in [-0.25, -0.2) is 13.9 Å². The van der Waals surface area contributed by atoms with E-state index < -0.39 is 5.91 Å². The molecule has 1 aliphatic carbocycles. The summed E-state index contributed by atoms with van der Waals surface area (Å²) in [5, 5.41) is 9.96. The van der Waals surface area contributed by atoms with Crippen LogP contribution >= 0.6 is 0 Å². The number of Topliss-reactive ketones (excluding diaryl/α,β-unsaturated/α-hetero) is 1. The van der Waals surface area contributed by atoms with Gasteiger partial charge in [0.2, 0.25) is 0 Å². The number of ketones is 1. The Balaban J connectivity index is 1.36. The number of benzene rings is 2. The topological polar surface area (TPSA) is 105 Å². The average Bonchev–Trinajstić information content (AvgIpc) is 3.49. The minimum absolute atomic E-state index is 0.00313. The SMILES string of the molecule is CC(=O)c1ccc2c(c1)CC[C@@H]2NC(=O)c1cc(C(=O)NCc2ccc(F)cc2)nc2ccnn12. The summed E-state index contributed by atoms with van der Waals surface area (Å²) >= 11 is 0. The molecular weight excluding hydrogens is 449 g/mol. The highest BCUT2D eigenvalue weighted by Gasteiger charge is 2.26. The maximum atomic E-state index is 13.3. The van der Waals surface area contributed by atoms with E-state index in [2.05, 4.69) is 20.7 Å². The molecule has 2 aromatic heterocycles. The van der Waals surface area contributed by atoms with E-state index in [0.717, 1.165) is 23.1 Å². The number of nitrogens with zero attached hydrogens (tertiary/aromatic N) is 3. The molecule has 0 fully saturated rings. The predicted octanol–water partition coefficient (Wildman–Crippen LogP) is 3.42. The first kappa shape index (κ1) is 22.4. The van der Waals surface area contributed by atoms with Crippen molar-refractivity contribution in [1.29, 1.82) is 0 Å². The van der Waals surface area contributed by atoms with Gasteiger partial charge in [-0.05, 0) is 54.7 Å². The largest absolute Gasteiger partial charge is 0.347 e. The summed E-state index contributed by atoms with van der Waals surface area (Å²) in [7, 11) is 0. The first-order valence-corrected chi connectivity index (χ1v) is 11.2. The van der Waals surface area contributed by atoms with Crippen molar-refractivity contribution < 1.29 is 18.8 Å². The van der Waals surface area contributed by atoms with Crippen molar-refractivity contribution in [2.45, 2.75) is 32.4 Å². The standard InChI is InChI=1S/C26H22FN5O3/c1-15(33)17-4-8-20-18(12-17)5-9-21(20)31-26(35)23-13-22(30-24-10-11-29-32(23)24)25(34)28-14-16-2-6-19(27)7-3-16/h2-4,6-8,10-13,21H,5,9,14H2,1H3,(H,28,34)(H,31,35)/t21-/m0/s1. The number of carbonyl (C=O) groups excluding carboxylic acids is 3. The van der Waals surface area contributed by atoms with Crippen LogP contribution in [0.3, 0.4) is 0 Å². The monoisotopic (exact) mass is 471 g/mol. The van der Waals surface area contributed by atoms with E-state index in [1.807, 2.05) is 12.1 Å². The Morgan fingerprint density at radius 3 is 2.63 bits per heavy atom. The number of aromatic nitrogens is 3. The van der Waals surface area contributed by atoms with Crippen molar-refractivity contribution in [2.24, 2.45) is 0 Å². The summed E-state index contributed by atoms with van der Waals surface area (Å²) in [6.07, 6.45) is 2.97. The molecule has 0 aliphatic heterocycles. The van der Waals surface area contributed by atoms with Gasteiger partial charge >= 0.3 is 0 Å². The molecule has 2 amide bonds. The average molecular weight is 471 g/mol. The molecule has 2 aromatic carbocycles. The second kappa shape index (κ2) is 9.09. The molecule has 9 heteroatoms. The van der Waals surface area contributed by atoms with Crippen molar-refractivity contribution in [3.05, 3.63) is 100 Å². The van der Waals surface area contributed by atoms with Crippen LogP contribution in [0.5, 0.6) is 0 Å². The van der Waals surface area contributed by atoms with Crippen LogP contribution in [0.25, 0.3) is 5.65 Å². The van der Waals surface area contributed by atoms with Crippen LogP contribution in [0.1, 0.15) is 67.4 Å². The minimum Gasteiger partial charge on any atom is -0.347 e. The summed E-state index contributed by atoms with van der Waals surface area (Å²) in [5.41, 5.74) is 4.02. The molecule has 8 nitrogen and oxygen atoms in total. The van der Waals surface area contributed by atoms with Crippen molar-refractivity contribution >= 4 is 23.2 Å². The second-order valence-electron chi connectivity index (χ2n) is 8.47. The molecule has 0 saturated carbocycles. The lowest BCUT2D eigenvalue weighted by Gasteiger charge is -2.15. The molecule has 4 aromatic rings. The number of amides is 2. The number of rotatable bonds is 6. The van der Waals surface area contributed by atoms with Crippen LogP contribution in [0.4, 0.5) is 4.39 Å². The summed E-state index contributed by atoms with van der Waals surface area (Å²) < 4.78 is 14.5. The fourth-order valence-corrected chi connectivity index (χ4v) is 4.28. The van der Waals surface area contributed by atoms with Crippen molar-refractivity contribution in [2.75, 3.05) is 0 Å². The Labute approximate surface area is 200 Å². The van der Waals surface area contributed by atoms with Gasteiger partial charge < -0.3 is 10.6 Å². The number of carbonyl (C=O) groups is 3. The zero-order valence-electron chi connectivity index (χ0n) is 18.9. The molecule has 1 aliphatic rings. The zero-order valence-corrected chi connectivity index (χ0v) is 18.9. The predicted molar refractivity (Wildman–Crippen MR) is 126 cm³/mol. The second-order valence-corrected chi connectivity index (χ2v) is 8.47.